The molecule has 1 aliphatic heterocycles. The number of aromatic nitrogens is 2. The minimum Gasteiger partial charge on any atom is -0.406 e. The Morgan fingerprint density at radius 2 is 1.93 bits per heavy atom. The summed E-state index contributed by atoms with van der Waals surface area (Å²) < 4.78 is 5.51. The Morgan fingerprint density at radius 3 is 2.43 bits per heavy atom. The second kappa shape index (κ2) is 3.24. The zero-order valence-corrected chi connectivity index (χ0v) is 8.66. The highest BCUT2D eigenvalue weighted by molar-refractivity contribution is 5.26. The SMILES string of the molecule is CC(C)(N)c1nnc(N2CCCC2)o1. The topological polar surface area (TPSA) is 68.2 Å². The molecule has 1 fully saturated rings. The van der Waals surface area contributed by atoms with Gasteiger partial charge in [0.05, 0.1) is 5.54 Å². The number of anilines is 1. The summed E-state index contributed by atoms with van der Waals surface area (Å²) in [4.78, 5) is 2.10. The quantitative estimate of drug-likeness (QED) is 0.760. The average Bonchev–Trinajstić information content (AvgIpc) is 2.73. The summed E-state index contributed by atoms with van der Waals surface area (Å²) in [5.41, 5.74) is 5.30. The van der Waals surface area contributed by atoms with E-state index in [0.717, 1.165) is 13.1 Å². The summed E-state index contributed by atoms with van der Waals surface area (Å²) >= 11 is 0. The Labute approximate surface area is 83.3 Å². The van der Waals surface area contributed by atoms with Crippen molar-refractivity contribution >= 4 is 6.01 Å². The van der Waals surface area contributed by atoms with Gasteiger partial charge in [0.2, 0.25) is 5.89 Å². The summed E-state index contributed by atoms with van der Waals surface area (Å²) in [7, 11) is 0. The van der Waals surface area contributed by atoms with Crippen LogP contribution in [0.5, 0.6) is 0 Å². The van der Waals surface area contributed by atoms with Crippen molar-refractivity contribution in [3.8, 4) is 0 Å². The van der Waals surface area contributed by atoms with E-state index in [4.69, 9.17) is 10.2 Å². The molecule has 2 heterocycles. The van der Waals surface area contributed by atoms with Crippen LogP contribution in [0.15, 0.2) is 4.42 Å². The lowest BCUT2D eigenvalue weighted by Gasteiger charge is -2.13. The van der Waals surface area contributed by atoms with Gasteiger partial charge in [-0.2, -0.15) is 0 Å². The molecule has 0 saturated carbocycles. The van der Waals surface area contributed by atoms with Crippen LogP contribution in [0.25, 0.3) is 0 Å². The molecule has 2 N–H and O–H groups in total. The van der Waals surface area contributed by atoms with E-state index in [1.54, 1.807) is 0 Å². The summed E-state index contributed by atoms with van der Waals surface area (Å²) in [6, 6.07) is 0.607. The van der Waals surface area contributed by atoms with Crippen molar-refractivity contribution in [1.82, 2.24) is 10.2 Å². The molecule has 5 nitrogen and oxygen atoms in total. The average molecular weight is 196 g/mol. The fourth-order valence-electron chi connectivity index (χ4n) is 1.51. The first-order valence-electron chi connectivity index (χ1n) is 4.95. The van der Waals surface area contributed by atoms with Crippen molar-refractivity contribution in [2.75, 3.05) is 18.0 Å². The largest absolute Gasteiger partial charge is 0.406 e. The number of rotatable bonds is 2. The highest BCUT2D eigenvalue weighted by Gasteiger charge is 2.24. The van der Waals surface area contributed by atoms with Crippen LogP contribution in [0.3, 0.4) is 0 Å². The van der Waals surface area contributed by atoms with Crippen LogP contribution in [0, 0.1) is 0 Å². The van der Waals surface area contributed by atoms with Gasteiger partial charge in [0.15, 0.2) is 0 Å². The molecule has 1 aromatic rings. The Morgan fingerprint density at radius 1 is 1.29 bits per heavy atom. The molecule has 14 heavy (non-hydrogen) atoms. The first-order valence-corrected chi connectivity index (χ1v) is 4.95. The highest BCUT2D eigenvalue weighted by Crippen LogP contribution is 2.22. The number of nitrogens with zero attached hydrogens (tertiary/aromatic N) is 3. The third-order valence-corrected chi connectivity index (χ3v) is 2.34. The van der Waals surface area contributed by atoms with E-state index < -0.39 is 5.54 Å². The normalized spacial score (nSPS) is 17.8. The minimum absolute atomic E-state index is 0.499. The van der Waals surface area contributed by atoms with Gasteiger partial charge in [-0.1, -0.05) is 5.10 Å². The molecule has 0 radical (unpaired) electrons. The van der Waals surface area contributed by atoms with Gasteiger partial charge in [-0.05, 0) is 26.7 Å². The third kappa shape index (κ3) is 1.72. The first-order chi connectivity index (χ1) is 6.57. The third-order valence-electron chi connectivity index (χ3n) is 2.34. The van der Waals surface area contributed by atoms with Crippen LogP contribution >= 0.6 is 0 Å². The molecule has 2 rings (SSSR count). The van der Waals surface area contributed by atoms with Crippen LogP contribution in [-0.4, -0.2) is 23.3 Å². The maximum Gasteiger partial charge on any atom is 0.318 e. The highest BCUT2D eigenvalue weighted by atomic mass is 16.4. The van der Waals surface area contributed by atoms with Gasteiger partial charge in [0.1, 0.15) is 0 Å². The number of hydrogen-bond acceptors (Lipinski definition) is 5. The second-order valence-electron chi connectivity index (χ2n) is 4.31. The molecular weight excluding hydrogens is 180 g/mol. The van der Waals surface area contributed by atoms with E-state index in [-0.39, 0.29) is 0 Å². The van der Waals surface area contributed by atoms with E-state index in [9.17, 15) is 0 Å². The van der Waals surface area contributed by atoms with Gasteiger partial charge in [0, 0.05) is 13.1 Å². The predicted octanol–water partition coefficient (Wildman–Crippen LogP) is 0.864. The smallest absolute Gasteiger partial charge is 0.318 e. The molecule has 1 saturated heterocycles. The van der Waals surface area contributed by atoms with Gasteiger partial charge in [-0.25, -0.2) is 0 Å². The van der Waals surface area contributed by atoms with Gasteiger partial charge < -0.3 is 15.1 Å². The lowest BCUT2D eigenvalue weighted by Crippen LogP contribution is -2.29. The summed E-state index contributed by atoms with van der Waals surface area (Å²) in [5.74, 6) is 0.499. The van der Waals surface area contributed by atoms with Crippen molar-refractivity contribution < 1.29 is 4.42 Å². The van der Waals surface area contributed by atoms with Crippen LogP contribution in [0.2, 0.25) is 0 Å². The Bertz CT molecular complexity index is 309. The van der Waals surface area contributed by atoms with Gasteiger partial charge >= 0.3 is 6.01 Å². The maximum absolute atomic E-state index is 5.85. The Hall–Kier alpha value is -1.10. The molecule has 78 valence electrons. The Balaban J connectivity index is 2.17. The summed E-state index contributed by atoms with van der Waals surface area (Å²) in [5, 5.41) is 7.94. The molecule has 0 atom stereocenters. The van der Waals surface area contributed by atoms with Gasteiger partial charge in [-0.15, -0.1) is 5.10 Å². The number of hydrogen-bond donors (Lipinski definition) is 1. The first kappa shape index (κ1) is 9.45. The van der Waals surface area contributed by atoms with Crippen LogP contribution in [0.1, 0.15) is 32.6 Å². The molecule has 0 aliphatic carbocycles. The molecule has 0 amide bonds. The summed E-state index contributed by atoms with van der Waals surface area (Å²) in [6.07, 6.45) is 2.40. The molecule has 0 bridgehead atoms. The molecule has 5 heteroatoms. The van der Waals surface area contributed by atoms with Crippen molar-refractivity contribution in [2.24, 2.45) is 5.73 Å². The van der Waals surface area contributed by atoms with E-state index in [1.165, 1.54) is 12.8 Å². The molecular formula is C9H16N4O. The maximum atomic E-state index is 5.85. The number of nitrogens with two attached hydrogens (primary N) is 1. The van der Waals surface area contributed by atoms with Crippen LogP contribution in [0.4, 0.5) is 6.01 Å². The fourth-order valence-corrected chi connectivity index (χ4v) is 1.51. The predicted molar refractivity (Wildman–Crippen MR) is 53.0 cm³/mol. The molecule has 0 aromatic carbocycles. The standard InChI is InChI=1S/C9H16N4O/c1-9(2,10)7-11-12-8(14-7)13-5-3-4-6-13/h3-6,10H2,1-2H3. The molecule has 0 unspecified atom stereocenters. The lowest BCUT2D eigenvalue weighted by atomic mass is 10.1. The van der Waals surface area contributed by atoms with Crippen molar-refractivity contribution in [2.45, 2.75) is 32.2 Å². The van der Waals surface area contributed by atoms with Crippen molar-refractivity contribution in [3.63, 3.8) is 0 Å². The molecule has 1 aromatic heterocycles. The second-order valence-corrected chi connectivity index (χ2v) is 4.31. The van der Waals surface area contributed by atoms with Crippen LogP contribution < -0.4 is 10.6 Å². The summed E-state index contributed by atoms with van der Waals surface area (Å²) in [6.45, 7) is 5.72. The molecule has 1 aliphatic rings. The zero-order chi connectivity index (χ0) is 10.2. The van der Waals surface area contributed by atoms with E-state index >= 15 is 0 Å². The van der Waals surface area contributed by atoms with Crippen LogP contribution in [-0.2, 0) is 5.54 Å². The van der Waals surface area contributed by atoms with Crippen molar-refractivity contribution in [3.05, 3.63) is 5.89 Å². The van der Waals surface area contributed by atoms with Gasteiger partial charge in [0.25, 0.3) is 0 Å². The van der Waals surface area contributed by atoms with Crippen molar-refractivity contribution in [1.29, 1.82) is 0 Å². The van der Waals surface area contributed by atoms with E-state index in [1.807, 2.05) is 13.8 Å². The fraction of sp³-hybridized carbons (Fsp3) is 0.778. The monoisotopic (exact) mass is 196 g/mol. The zero-order valence-electron chi connectivity index (χ0n) is 8.66. The minimum atomic E-state index is -0.551. The van der Waals surface area contributed by atoms with Gasteiger partial charge in [-0.3, -0.25) is 0 Å². The van der Waals surface area contributed by atoms with E-state index in [2.05, 4.69) is 15.1 Å². The Kier molecular flexibility index (Phi) is 2.19. The van der Waals surface area contributed by atoms with E-state index in [0.29, 0.717) is 11.9 Å². The lowest BCUT2D eigenvalue weighted by molar-refractivity contribution is 0.379. The molecule has 0 spiro atoms.